The summed E-state index contributed by atoms with van der Waals surface area (Å²) in [6.45, 7) is 7.71. The van der Waals surface area contributed by atoms with Crippen molar-refractivity contribution in [1.29, 1.82) is 0 Å². The topological polar surface area (TPSA) is 45.7 Å². The average Bonchev–Trinajstić information content (AvgIpc) is 2.48. The SMILES string of the molecule is C#CCN1CCN(c2ncccc2C(=O)OC(C)C)CC1. The first kappa shape index (κ1) is 15.3. The molecule has 2 rings (SSSR count). The number of esters is 1. The molecule has 0 aromatic carbocycles. The highest BCUT2D eigenvalue weighted by Crippen LogP contribution is 2.20. The Morgan fingerprint density at radius 2 is 2.14 bits per heavy atom. The highest BCUT2D eigenvalue weighted by molar-refractivity contribution is 5.94. The van der Waals surface area contributed by atoms with E-state index in [9.17, 15) is 4.79 Å². The normalized spacial score (nSPS) is 15.8. The van der Waals surface area contributed by atoms with Crippen molar-refractivity contribution in [2.24, 2.45) is 0 Å². The van der Waals surface area contributed by atoms with Crippen LogP contribution in [0.5, 0.6) is 0 Å². The third-order valence-electron chi connectivity index (χ3n) is 3.34. The monoisotopic (exact) mass is 287 g/mol. The van der Waals surface area contributed by atoms with Crippen LogP contribution in [0.15, 0.2) is 18.3 Å². The van der Waals surface area contributed by atoms with E-state index < -0.39 is 0 Å². The van der Waals surface area contributed by atoms with E-state index in [2.05, 4.69) is 20.7 Å². The van der Waals surface area contributed by atoms with Crippen molar-refractivity contribution in [1.82, 2.24) is 9.88 Å². The summed E-state index contributed by atoms with van der Waals surface area (Å²) in [6.07, 6.45) is 6.90. The van der Waals surface area contributed by atoms with Crippen molar-refractivity contribution >= 4 is 11.8 Å². The molecule has 112 valence electrons. The lowest BCUT2D eigenvalue weighted by Crippen LogP contribution is -2.47. The van der Waals surface area contributed by atoms with Gasteiger partial charge in [0.2, 0.25) is 0 Å². The number of carbonyl (C=O) groups excluding carboxylic acids is 1. The molecule has 0 unspecified atom stereocenters. The fourth-order valence-electron chi connectivity index (χ4n) is 2.33. The van der Waals surface area contributed by atoms with Crippen LogP contribution >= 0.6 is 0 Å². The third-order valence-corrected chi connectivity index (χ3v) is 3.34. The molecule has 0 N–H and O–H groups in total. The van der Waals surface area contributed by atoms with Gasteiger partial charge in [-0.3, -0.25) is 4.90 Å². The average molecular weight is 287 g/mol. The quantitative estimate of drug-likeness (QED) is 0.619. The predicted molar refractivity (Wildman–Crippen MR) is 82.3 cm³/mol. The molecular weight excluding hydrogens is 266 g/mol. The minimum Gasteiger partial charge on any atom is -0.459 e. The largest absolute Gasteiger partial charge is 0.459 e. The molecule has 1 aliphatic rings. The predicted octanol–water partition coefficient (Wildman–Crippen LogP) is 1.40. The number of pyridine rings is 1. The van der Waals surface area contributed by atoms with Gasteiger partial charge >= 0.3 is 5.97 Å². The van der Waals surface area contributed by atoms with Crippen LogP contribution in [0.2, 0.25) is 0 Å². The first-order valence-corrected chi connectivity index (χ1v) is 7.18. The van der Waals surface area contributed by atoms with Crippen LogP contribution in [0.3, 0.4) is 0 Å². The van der Waals surface area contributed by atoms with Crippen molar-refractivity contribution in [2.45, 2.75) is 20.0 Å². The second-order valence-corrected chi connectivity index (χ2v) is 5.30. The molecular formula is C16H21N3O2. The highest BCUT2D eigenvalue weighted by atomic mass is 16.5. The number of piperazine rings is 1. The molecule has 1 aliphatic heterocycles. The lowest BCUT2D eigenvalue weighted by Gasteiger charge is -2.35. The number of anilines is 1. The molecule has 0 atom stereocenters. The van der Waals surface area contributed by atoms with Gasteiger partial charge in [0, 0.05) is 32.4 Å². The van der Waals surface area contributed by atoms with E-state index in [1.54, 1.807) is 18.3 Å². The smallest absolute Gasteiger partial charge is 0.342 e. The summed E-state index contributed by atoms with van der Waals surface area (Å²) in [5.74, 6) is 3.04. The van der Waals surface area contributed by atoms with Gasteiger partial charge < -0.3 is 9.64 Å². The fraction of sp³-hybridized carbons (Fsp3) is 0.500. The number of aromatic nitrogens is 1. The molecule has 1 aromatic heterocycles. The molecule has 0 radical (unpaired) electrons. The summed E-state index contributed by atoms with van der Waals surface area (Å²) >= 11 is 0. The molecule has 5 nitrogen and oxygen atoms in total. The standard InChI is InChI=1S/C16H21N3O2/c1-4-8-18-9-11-19(12-10-18)15-14(6-5-7-17-15)16(20)21-13(2)3/h1,5-7,13H,8-12H2,2-3H3. The van der Waals surface area contributed by atoms with Crippen molar-refractivity contribution in [3.8, 4) is 12.3 Å². The number of ether oxygens (including phenoxy) is 1. The van der Waals surface area contributed by atoms with Crippen molar-refractivity contribution in [2.75, 3.05) is 37.6 Å². The van der Waals surface area contributed by atoms with Gasteiger partial charge in [-0.1, -0.05) is 5.92 Å². The van der Waals surface area contributed by atoms with Gasteiger partial charge in [-0.15, -0.1) is 6.42 Å². The number of carbonyl (C=O) groups is 1. The summed E-state index contributed by atoms with van der Waals surface area (Å²) in [4.78, 5) is 20.9. The molecule has 0 spiro atoms. The van der Waals surface area contributed by atoms with Crippen LogP contribution in [0.4, 0.5) is 5.82 Å². The second-order valence-electron chi connectivity index (χ2n) is 5.30. The van der Waals surface area contributed by atoms with E-state index in [4.69, 9.17) is 11.2 Å². The Kier molecular flexibility index (Phi) is 5.18. The van der Waals surface area contributed by atoms with E-state index in [1.807, 2.05) is 13.8 Å². The molecule has 2 heterocycles. The molecule has 0 aliphatic carbocycles. The number of rotatable bonds is 4. The van der Waals surface area contributed by atoms with Gasteiger partial charge in [0.1, 0.15) is 11.4 Å². The summed E-state index contributed by atoms with van der Waals surface area (Å²) < 4.78 is 5.28. The van der Waals surface area contributed by atoms with E-state index in [0.29, 0.717) is 17.9 Å². The third kappa shape index (κ3) is 3.96. The zero-order valence-corrected chi connectivity index (χ0v) is 12.6. The molecule has 1 saturated heterocycles. The molecule has 5 heteroatoms. The highest BCUT2D eigenvalue weighted by Gasteiger charge is 2.23. The van der Waals surface area contributed by atoms with E-state index in [-0.39, 0.29) is 12.1 Å². The molecule has 0 amide bonds. The van der Waals surface area contributed by atoms with Crippen molar-refractivity contribution in [3.63, 3.8) is 0 Å². The number of hydrogen-bond donors (Lipinski definition) is 0. The summed E-state index contributed by atoms with van der Waals surface area (Å²) in [6, 6.07) is 3.52. The molecule has 21 heavy (non-hydrogen) atoms. The first-order valence-electron chi connectivity index (χ1n) is 7.18. The Balaban J connectivity index is 2.11. The molecule has 0 saturated carbocycles. The Morgan fingerprint density at radius 1 is 1.43 bits per heavy atom. The van der Waals surface area contributed by atoms with Crippen LogP contribution in [-0.2, 0) is 4.74 Å². The number of nitrogens with zero attached hydrogens (tertiary/aromatic N) is 3. The maximum absolute atomic E-state index is 12.2. The van der Waals surface area contributed by atoms with E-state index in [0.717, 1.165) is 26.2 Å². The number of hydrogen-bond acceptors (Lipinski definition) is 5. The lowest BCUT2D eigenvalue weighted by atomic mass is 10.2. The second kappa shape index (κ2) is 7.09. The van der Waals surface area contributed by atoms with Gasteiger partial charge in [0.15, 0.2) is 0 Å². The Labute approximate surface area is 125 Å². The Bertz CT molecular complexity index is 529. The zero-order valence-electron chi connectivity index (χ0n) is 12.6. The minimum absolute atomic E-state index is 0.141. The minimum atomic E-state index is -0.320. The van der Waals surface area contributed by atoms with Crippen molar-refractivity contribution < 1.29 is 9.53 Å². The Hall–Kier alpha value is -2.06. The molecule has 1 aromatic rings. The van der Waals surface area contributed by atoms with Crippen molar-refractivity contribution in [3.05, 3.63) is 23.9 Å². The zero-order chi connectivity index (χ0) is 15.2. The van der Waals surface area contributed by atoms with Gasteiger partial charge in [0.05, 0.1) is 12.6 Å². The summed E-state index contributed by atoms with van der Waals surface area (Å²) in [5.41, 5.74) is 0.525. The van der Waals surface area contributed by atoms with Gasteiger partial charge in [-0.2, -0.15) is 0 Å². The van der Waals surface area contributed by atoms with Gasteiger partial charge in [-0.05, 0) is 26.0 Å². The van der Waals surface area contributed by atoms with E-state index in [1.165, 1.54) is 0 Å². The maximum atomic E-state index is 12.2. The van der Waals surface area contributed by atoms with Gasteiger partial charge in [0.25, 0.3) is 0 Å². The number of terminal acetylenes is 1. The molecule has 1 fully saturated rings. The van der Waals surface area contributed by atoms with Crippen LogP contribution in [0.25, 0.3) is 0 Å². The van der Waals surface area contributed by atoms with Crippen LogP contribution in [0.1, 0.15) is 24.2 Å². The summed E-state index contributed by atoms with van der Waals surface area (Å²) in [7, 11) is 0. The van der Waals surface area contributed by atoms with Crippen LogP contribution in [-0.4, -0.2) is 54.7 Å². The maximum Gasteiger partial charge on any atom is 0.342 e. The summed E-state index contributed by atoms with van der Waals surface area (Å²) in [5, 5.41) is 0. The molecule has 0 bridgehead atoms. The first-order chi connectivity index (χ1) is 10.1. The van der Waals surface area contributed by atoms with Crippen LogP contribution in [0, 0.1) is 12.3 Å². The van der Waals surface area contributed by atoms with Crippen LogP contribution < -0.4 is 4.90 Å². The fourth-order valence-corrected chi connectivity index (χ4v) is 2.33. The van der Waals surface area contributed by atoms with Gasteiger partial charge in [-0.25, -0.2) is 9.78 Å². The Morgan fingerprint density at radius 3 is 2.76 bits per heavy atom. The van der Waals surface area contributed by atoms with E-state index >= 15 is 0 Å². The lowest BCUT2D eigenvalue weighted by molar-refractivity contribution is 0.0378.